The molecule has 1 fully saturated rings. The highest BCUT2D eigenvalue weighted by Crippen LogP contribution is 2.31. The van der Waals surface area contributed by atoms with E-state index < -0.39 is 0 Å². The molecule has 0 bridgehead atoms. The highest BCUT2D eigenvalue weighted by Gasteiger charge is 2.21. The number of fused-ring (bicyclic) bond motifs is 1. The summed E-state index contributed by atoms with van der Waals surface area (Å²) >= 11 is 1.68. The van der Waals surface area contributed by atoms with Gasteiger partial charge in [0.05, 0.1) is 23.4 Å². The second-order valence-electron chi connectivity index (χ2n) is 6.64. The van der Waals surface area contributed by atoms with E-state index in [2.05, 4.69) is 25.1 Å². The third kappa shape index (κ3) is 3.64. The average molecular weight is 382 g/mol. The normalized spacial score (nSPS) is 14.1. The Balaban J connectivity index is 1.58. The third-order valence-electron chi connectivity index (χ3n) is 4.58. The maximum absolute atomic E-state index is 11.5. The van der Waals surface area contributed by atoms with Crippen molar-refractivity contribution < 1.29 is 9.53 Å². The number of aromatic nitrogens is 3. The summed E-state index contributed by atoms with van der Waals surface area (Å²) in [6, 6.07) is 12.3. The summed E-state index contributed by atoms with van der Waals surface area (Å²) in [5.41, 5.74) is 5.25. The van der Waals surface area contributed by atoms with Crippen molar-refractivity contribution in [3.63, 3.8) is 0 Å². The number of carbonyl (C=O) groups is 1. The summed E-state index contributed by atoms with van der Waals surface area (Å²) in [7, 11) is 0. The molecule has 0 spiro atoms. The molecule has 0 atom stereocenters. The smallest absolute Gasteiger partial charge is 0.409 e. The van der Waals surface area contributed by atoms with Crippen molar-refractivity contribution >= 4 is 23.4 Å². The molecule has 1 amide bonds. The van der Waals surface area contributed by atoms with Crippen molar-refractivity contribution in [1.29, 1.82) is 0 Å². The summed E-state index contributed by atoms with van der Waals surface area (Å²) in [6.45, 7) is 6.01. The van der Waals surface area contributed by atoms with Crippen LogP contribution < -0.4 is 0 Å². The van der Waals surface area contributed by atoms with Crippen LogP contribution in [0.5, 0.6) is 0 Å². The maximum Gasteiger partial charge on any atom is 0.409 e. The van der Waals surface area contributed by atoms with Gasteiger partial charge < -0.3 is 9.64 Å². The van der Waals surface area contributed by atoms with Gasteiger partial charge in [0.25, 0.3) is 0 Å². The van der Waals surface area contributed by atoms with E-state index >= 15 is 0 Å². The maximum atomic E-state index is 11.5. The van der Waals surface area contributed by atoms with Gasteiger partial charge in [0, 0.05) is 17.9 Å². The lowest BCUT2D eigenvalue weighted by molar-refractivity contribution is 0.158. The number of hydrogen-bond acceptors (Lipinski definition) is 5. The SMILES string of the molecule is Cc1cc(C)c2c(-c3ccccc3)nc(SCCCN3CCOC3=O)n2n1. The van der Waals surface area contributed by atoms with Gasteiger partial charge in [-0.25, -0.2) is 14.3 Å². The first kappa shape index (κ1) is 17.9. The molecule has 3 heterocycles. The number of hydrogen-bond donors (Lipinski definition) is 0. The van der Waals surface area contributed by atoms with Crippen LogP contribution >= 0.6 is 11.8 Å². The van der Waals surface area contributed by atoms with E-state index in [0.717, 1.165) is 39.8 Å². The Labute approximate surface area is 162 Å². The standard InChI is InChI=1S/C20H22N4O2S/c1-14-13-15(2)22-24-18(14)17(16-7-4-3-5-8-16)21-19(24)27-12-6-9-23-10-11-26-20(23)25/h3-5,7-8,13H,6,9-12H2,1-2H3. The number of benzene rings is 1. The van der Waals surface area contributed by atoms with Gasteiger partial charge in [-0.3, -0.25) is 0 Å². The largest absolute Gasteiger partial charge is 0.448 e. The minimum absolute atomic E-state index is 0.203. The molecule has 0 N–H and O–H groups in total. The van der Waals surface area contributed by atoms with Gasteiger partial charge in [0.2, 0.25) is 0 Å². The Morgan fingerprint density at radius 2 is 2.04 bits per heavy atom. The average Bonchev–Trinajstić information content (AvgIpc) is 3.23. The van der Waals surface area contributed by atoms with Gasteiger partial charge in [0.15, 0.2) is 5.16 Å². The second-order valence-corrected chi connectivity index (χ2v) is 7.70. The molecule has 1 saturated heterocycles. The van der Waals surface area contributed by atoms with Crippen LogP contribution in [-0.4, -0.2) is 51.0 Å². The van der Waals surface area contributed by atoms with Crippen molar-refractivity contribution in [3.8, 4) is 11.3 Å². The quantitative estimate of drug-likeness (QED) is 0.477. The fourth-order valence-corrected chi connectivity index (χ4v) is 4.21. The van der Waals surface area contributed by atoms with E-state index in [-0.39, 0.29) is 6.09 Å². The minimum atomic E-state index is -0.203. The van der Waals surface area contributed by atoms with Gasteiger partial charge in [-0.05, 0) is 31.9 Å². The molecule has 0 radical (unpaired) electrons. The molecule has 3 aromatic rings. The summed E-state index contributed by atoms with van der Waals surface area (Å²) < 4.78 is 6.93. The fraction of sp³-hybridized carbons (Fsp3) is 0.350. The zero-order chi connectivity index (χ0) is 18.8. The molecule has 7 heteroatoms. The van der Waals surface area contributed by atoms with Crippen LogP contribution in [0.4, 0.5) is 4.79 Å². The second kappa shape index (κ2) is 7.60. The van der Waals surface area contributed by atoms with E-state index in [1.165, 1.54) is 5.56 Å². The van der Waals surface area contributed by atoms with Crippen LogP contribution in [0.25, 0.3) is 16.8 Å². The lowest BCUT2D eigenvalue weighted by Gasteiger charge is -2.11. The van der Waals surface area contributed by atoms with E-state index in [4.69, 9.17) is 14.8 Å². The minimum Gasteiger partial charge on any atom is -0.448 e. The molecule has 6 nitrogen and oxygen atoms in total. The van der Waals surface area contributed by atoms with Crippen molar-refractivity contribution in [3.05, 3.63) is 47.7 Å². The monoisotopic (exact) mass is 382 g/mol. The number of amides is 1. The number of ether oxygens (including phenoxy) is 1. The van der Waals surface area contributed by atoms with Crippen LogP contribution in [0, 0.1) is 13.8 Å². The summed E-state index contributed by atoms with van der Waals surface area (Å²) in [6.07, 6.45) is 0.686. The highest BCUT2D eigenvalue weighted by atomic mass is 32.2. The molecule has 27 heavy (non-hydrogen) atoms. The van der Waals surface area contributed by atoms with E-state index in [9.17, 15) is 4.79 Å². The first-order chi connectivity index (χ1) is 13.1. The molecule has 140 valence electrons. The Morgan fingerprint density at radius 3 is 2.78 bits per heavy atom. The van der Waals surface area contributed by atoms with E-state index in [1.807, 2.05) is 29.6 Å². The van der Waals surface area contributed by atoms with E-state index in [0.29, 0.717) is 19.7 Å². The number of carbonyl (C=O) groups excluding carboxylic acids is 1. The number of rotatable bonds is 6. The molecule has 4 rings (SSSR count). The van der Waals surface area contributed by atoms with Gasteiger partial charge in [-0.15, -0.1) is 0 Å². The van der Waals surface area contributed by atoms with Gasteiger partial charge in [-0.2, -0.15) is 5.10 Å². The molecular formula is C20H22N4O2S. The topological polar surface area (TPSA) is 59.7 Å². The summed E-state index contributed by atoms with van der Waals surface area (Å²) in [4.78, 5) is 18.2. The number of imidazole rings is 1. The Bertz CT molecular complexity index is 971. The van der Waals surface area contributed by atoms with Crippen molar-refractivity contribution in [1.82, 2.24) is 19.5 Å². The fourth-order valence-electron chi connectivity index (χ4n) is 3.35. The van der Waals surface area contributed by atoms with Crippen LogP contribution in [0.1, 0.15) is 17.7 Å². The number of aryl methyl sites for hydroxylation is 2. The van der Waals surface area contributed by atoms with E-state index in [1.54, 1.807) is 16.7 Å². The first-order valence-corrected chi connectivity index (χ1v) is 10.1. The lowest BCUT2D eigenvalue weighted by atomic mass is 10.1. The molecular weight excluding hydrogens is 360 g/mol. The van der Waals surface area contributed by atoms with Gasteiger partial charge >= 0.3 is 6.09 Å². The van der Waals surface area contributed by atoms with Crippen molar-refractivity contribution in [2.24, 2.45) is 0 Å². The predicted octanol–water partition coefficient (Wildman–Crippen LogP) is 3.95. The molecule has 2 aromatic heterocycles. The van der Waals surface area contributed by atoms with Crippen LogP contribution in [0.15, 0.2) is 41.6 Å². The number of thioether (sulfide) groups is 1. The van der Waals surface area contributed by atoms with Crippen molar-refractivity contribution in [2.45, 2.75) is 25.4 Å². The van der Waals surface area contributed by atoms with Crippen LogP contribution in [0.2, 0.25) is 0 Å². The summed E-state index contributed by atoms with van der Waals surface area (Å²) in [5.74, 6) is 0.867. The molecule has 0 unspecified atom stereocenters. The van der Waals surface area contributed by atoms with Crippen molar-refractivity contribution in [2.75, 3.05) is 25.4 Å². The lowest BCUT2D eigenvalue weighted by Crippen LogP contribution is -2.25. The first-order valence-electron chi connectivity index (χ1n) is 9.10. The Kier molecular flexibility index (Phi) is 5.03. The third-order valence-corrected chi connectivity index (χ3v) is 5.59. The van der Waals surface area contributed by atoms with Crippen LogP contribution in [-0.2, 0) is 4.74 Å². The Hall–Kier alpha value is -2.54. The molecule has 1 aromatic carbocycles. The molecule has 1 aliphatic rings. The zero-order valence-electron chi connectivity index (χ0n) is 15.5. The molecule has 1 aliphatic heterocycles. The molecule has 0 aliphatic carbocycles. The molecule has 0 saturated carbocycles. The number of nitrogens with zero attached hydrogens (tertiary/aromatic N) is 4. The Morgan fingerprint density at radius 1 is 1.22 bits per heavy atom. The number of cyclic esters (lactones) is 1. The highest BCUT2D eigenvalue weighted by molar-refractivity contribution is 7.99. The van der Waals surface area contributed by atoms with Crippen LogP contribution in [0.3, 0.4) is 0 Å². The summed E-state index contributed by atoms with van der Waals surface area (Å²) in [5, 5.41) is 5.59. The van der Waals surface area contributed by atoms with Gasteiger partial charge in [0.1, 0.15) is 6.61 Å². The zero-order valence-corrected chi connectivity index (χ0v) is 16.3. The predicted molar refractivity (Wildman–Crippen MR) is 106 cm³/mol. The van der Waals surface area contributed by atoms with Gasteiger partial charge in [-0.1, -0.05) is 42.1 Å².